The Morgan fingerprint density at radius 1 is 1.28 bits per heavy atom. The minimum absolute atomic E-state index is 0.0384. The van der Waals surface area contributed by atoms with Gasteiger partial charge < -0.3 is 29.7 Å². The molecule has 4 N–H and O–H groups in total. The SMILES string of the molecule is CC(C[C@H](Cc1ccc(OCOP(=O)(O)O)c([N+](=O)[O-])c1)NC(=O)OC(C)(C)C)C(=O)O. The number of amides is 1. The van der Waals surface area contributed by atoms with E-state index in [1.165, 1.54) is 19.1 Å². The summed E-state index contributed by atoms with van der Waals surface area (Å²) in [6.07, 6.45) is -0.669. The Bertz CT molecular complexity index is 878. The van der Waals surface area contributed by atoms with Gasteiger partial charge in [-0.3, -0.25) is 14.9 Å². The molecule has 1 unspecified atom stereocenters. The summed E-state index contributed by atoms with van der Waals surface area (Å²) in [5.41, 5.74) is -0.891. The van der Waals surface area contributed by atoms with Crippen LogP contribution in [0.15, 0.2) is 18.2 Å². The van der Waals surface area contributed by atoms with Crippen molar-refractivity contribution < 1.29 is 48.0 Å². The number of nitro groups is 1. The number of nitro benzene ring substituents is 1. The molecular weight excluding hydrogens is 451 g/mol. The second-order valence-electron chi connectivity index (χ2n) is 7.96. The van der Waals surface area contributed by atoms with Gasteiger partial charge in [-0.25, -0.2) is 13.9 Å². The van der Waals surface area contributed by atoms with E-state index in [-0.39, 0.29) is 18.6 Å². The van der Waals surface area contributed by atoms with Gasteiger partial charge >= 0.3 is 25.6 Å². The molecule has 2 atom stereocenters. The highest BCUT2D eigenvalue weighted by molar-refractivity contribution is 7.46. The van der Waals surface area contributed by atoms with Crippen molar-refractivity contribution in [3.63, 3.8) is 0 Å². The van der Waals surface area contributed by atoms with E-state index in [4.69, 9.17) is 19.3 Å². The number of benzene rings is 1. The summed E-state index contributed by atoms with van der Waals surface area (Å²) < 4.78 is 24.9. The molecule has 180 valence electrons. The number of hydrogen-bond donors (Lipinski definition) is 4. The second kappa shape index (κ2) is 11.2. The molecule has 1 aromatic rings. The van der Waals surface area contributed by atoms with Gasteiger partial charge in [-0.2, -0.15) is 0 Å². The molecule has 0 heterocycles. The summed E-state index contributed by atoms with van der Waals surface area (Å²) >= 11 is 0. The van der Waals surface area contributed by atoms with Crippen molar-refractivity contribution in [1.82, 2.24) is 5.32 Å². The fourth-order valence-corrected chi connectivity index (χ4v) is 2.78. The molecule has 0 aliphatic rings. The van der Waals surface area contributed by atoms with Crippen molar-refractivity contribution in [1.29, 1.82) is 0 Å². The molecule has 1 rings (SSSR count). The Morgan fingerprint density at radius 2 is 1.91 bits per heavy atom. The minimum atomic E-state index is -4.82. The summed E-state index contributed by atoms with van der Waals surface area (Å²) in [6, 6.07) is 3.10. The number of nitrogens with one attached hydrogen (secondary N) is 1. The molecule has 0 saturated carbocycles. The van der Waals surface area contributed by atoms with Crippen molar-refractivity contribution >= 4 is 25.6 Å². The number of rotatable bonds is 11. The lowest BCUT2D eigenvalue weighted by Gasteiger charge is -2.24. The third-order valence-electron chi connectivity index (χ3n) is 3.92. The van der Waals surface area contributed by atoms with Crippen LogP contribution in [0, 0.1) is 16.0 Å². The Morgan fingerprint density at radius 3 is 2.41 bits per heavy atom. The molecule has 0 fully saturated rings. The van der Waals surface area contributed by atoms with Crippen LogP contribution in [0.2, 0.25) is 0 Å². The normalized spacial score (nSPS) is 13.7. The van der Waals surface area contributed by atoms with Crippen molar-refractivity contribution in [2.45, 2.75) is 52.2 Å². The number of nitrogens with zero attached hydrogens (tertiary/aromatic N) is 1. The molecule has 1 aromatic carbocycles. The van der Waals surface area contributed by atoms with Gasteiger partial charge in [0.25, 0.3) is 0 Å². The molecule has 0 aromatic heterocycles. The smallest absolute Gasteiger partial charge is 0.472 e. The number of ether oxygens (including phenoxy) is 2. The van der Waals surface area contributed by atoms with Crippen LogP contribution in [0.3, 0.4) is 0 Å². The predicted octanol–water partition coefficient (Wildman–Crippen LogP) is 2.59. The first kappa shape index (κ1) is 27.3. The second-order valence-corrected chi connectivity index (χ2v) is 9.20. The predicted molar refractivity (Wildman–Crippen MR) is 110 cm³/mol. The zero-order valence-corrected chi connectivity index (χ0v) is 18.9. The van der Waals surface area contributed by atoms with Gasteiger partial charge in [0.2, 0.25) is 6.79 Å². The number of alkyl carbamates (subject to hydrolysis) is 1. The number of hydrogen-bond acceptors (Lipinski definition) is 8. The standard InChI is InChI=1S/C18H27N2O11P/c1-11(16(21)22)7-13(19-17(23)31-18(2,3)4)8-12-5-6-15(14(9-12)20(24)25)29-10-30-32(26,27)28/h5-6,9,11,13H,7-8,10H2,1-4H3,(H,19,23)(H,21,22)(H2,26,27,28)/t11?,13-/m1/s1. The highest BCUT2D eigenvalue weighted by Crippen LogP contribution is 2.36. The van der Waals surface area contributed by atoms with Gasteiger partial charge in [-0.05, 0) is 45.2 Å². The topological polar surface area (TPSA) is 195 Å². The fraction of sp³-hybridized carbons (Fsp3) is 0.556. The van der Waals surface area contributed by atoms with Crippen LogP contribution in [0.25, 0.3) is 0 Å². The van der Waals surface area contributed by atoms with Gasteiger partial charge in [0.15, 0.2) is 5.75 Å². The van der Waals surface area contributed by atoms with Crippen LogP contribution in [0.1, 0.15) is 39.7 Å². The van der Waals surface area contributed by atoms with Crippen molar-refractivity contribution in [2.75, 3.05) is 6.79 Å². The van der Waals surface area contributed by atoms with E-state index in [0.717, 1.165) is 6.07 Å². The average Bonchev–Trinajstić information content (AvgIpc) is 2.59. The van der Waals surface area contributed by atoms with Gasteiger partial charge in [-0.15, -0.1) is 0 Å². The molecule has 13 nitrogen and oxygen atoms in total. The van der Waals surface area contributed by atoms with Crippen molar-refractivity contribution in [3.05, 3.63) is 33.9 Å². The van der Waals surface area contributed by atoms with E-state index in [1.807, 2.05) is 0 Å². The van der Waals surface area contributed by atoms with Crippen LogP contribution in [-0.2, 0) is 25.0 Å². The summed E-state index contributed by atoms with van der Waals surface area (Å²) in [6.45, 7) is 5.55. The number of carboxylic acid groups (broad SMARTS) is 1. The van der Waals surface area contributed by atoms with E-state index in [9.17, 15) is 29.4 Å². The molecule has 14 heteroatoms. The Balaban J connectivity index is 3.04. The van der Waals surface area contributed by atoms with E-state index < -0.39 is 54.8 Å². The van der Waals surface area contributed by atoms with Crippen LogP contribution in [0.5, 0.6) is 5.75 Å². The zero-order chi connectivity index (χ0) is 24.7. The lowest BCUT2D eigenvalue weighted by atomic mass is 9.96. The number of carbonyl (C=O) groups excluding carboxylic acids is 1. The first-order valence-corrected chi connectivity index (χ1v) is 10.9. The monoisotopic (exact) mass is 478 g/mol. The quantitative estimate of drug-likeness (QED) is 0.158. The highest BCUT2D eigenvalue weighted by Gasteiger charge is 2.25. The van der Waals surface area contributed by atoms with Crippen molar-refractivity contribution in [3.8, 4) is 5.75 Å². The molecule has 1 amide bonds. The Hall–Kier alpha value is -2.73. The Labute approximate surface area is 184 Å². The number of carboxylic acids is 1. The van der Waals surface area contributed by atoms with Crippen LogP contribution in [-0.4, -0.2) is 50.3 Å². The molecule has 0 aliphatic heterocycles. The maximum absolute atomic E-state index is 12.2. The zero-order valence-electron chi connectivity index (χ0n) is 18.0. The summed E-state index contributed by atoms with van der Waals surface area (Å²) in [5.74, 6) is -2.17. The summed E-state index contributed by atoms with van der Waals surface area (Å²) in [5, 5.41) is 23.2. The van der Waals surface area contributed by atoms with E-state index in [2.05, 4.69) is 9.84 Å². The fourth-order valence-electron chi connectivity index (χ4n) is 2.59. The number of phosphoric acid groups is 1. The number of carbonyl (C=O) groups is 2. The highest BCUT2D eigenvalue weighted by atomic mass is 31.2. The van der Waals surface area contributed by atoms with Gasteiger partial charge in [-0.1, -0.05) is 13.0 Å². The van der Waals surface area contributed by atoms with Crippen LogP contribution >= 0.6 is 7.82 Å². The summed E-state index contributed by atoms with van der Waals surface area (Å²) in [7, 11) is -4.82. The van der Waals surface area contributed by atoms with Crippen LogP contribution in [0.4, 0.5) is 10.5 Å². The van der Waals surface area contributed by atoms with Gasteiger partial charge in [0.1, 0.15) is 5.60 Å². The van der Waals surface area contributed by atoms with Crippen molar-refractivity contribution in [2.24, 2.45) is 5.92 Å². The molecule has 0 aliphatic carbocycles. The number of phosphoric ester groups is 1. The first-order chi connectivity index (χ1) is 14.6. The molecule has 0 spiro atoms. The number of aliphatic carboxylic acids is 1. The minimum Gasteiger partial charge on any atom is -0.481 e. The molecule has 0 radical (unpaired) electrons. The lowest BCUT2D eigenvalue weighted by molar-refractivity contribution is -0.386. The maximum Gasteiger partial charge on any atom is 0.472 e. The largest absolute Gasteiger partial charge is 0.481 e. The van der Waals surface area contributed by atoms with Crippen LogP contribution < -0.4 is 10.1 Å². The van der Waals surface area contributed by atoms with E-state index >= 15 is 0 Å². The van der Waals surface area contributed by atoms with Gasteiger partial charge in [0, 0.05) is 12.1 Å². The van der Waals surface area contributed by atoms with Gasteiger partial charge in [0.05, 0.1) is 10.8 Å². The lowest BCUT2D eigenvalue weighted by Crippen LogP contribution is -2.41. The average molecular weight is 478 g/mol. The first-order valence-electron chi connectivity index (χ1n) is 9.40. The molecule has 32 heavy (non-hydrogen) atoms. The van der Waals surface area contributed by atoms with E-state index in [1.54, 1.807) is 20.8 Å². The molecule has 0 bridgehead atoms. The Kier molecular flexibility index (Phi) is 9.58. The van der Waals surface area contributed by atoms with E-state index in [0.29, 0.717) is 5.56 Å². The molecular formula is C18H27N2O11P. The third-order valence-corrected chi connectivity index (χ3v) is 4.36. The summed E-state index contributed by atoms with van der Waals surface area (Å²) in [4.78, 5) is 51.3. The third kappa shape index (κ3) is 10.5. The maximum atomic E-state index is 12.2. The molecule has 0 saturated heterocycles.